The first-order valence-corrected chi connectivity index (χ1v) is 6.64. The monoisotopic (exact) mass is 316 g/mol. The minimum atomic E-state index is -1.58. The fraction of sp³-hybridized carbons (Fsp3) is 0. The van der Waals surface area contributed by atoms with Gasteiger partial charge in [0.15, 0.2) is 9.79 Å². The number of rotatable bonds is 2. The molecule has 0 fully saturated rings. The molecule has 1 nitrogen and oxygen atoms in total. The van der Waals surface area contributed by atoms with E-state index in [1.54, 1.807) is 24.3 Å². The third-order valence-electron chi connectivity index (χ3n) is 2.08. The van der Waals surface area contributed by atoms with Crippen LogP contribution >= 0.6 is 15.9 Å². The zero-order valence-corrected chi connectivity index (χ0v) is 10.9. The lowest BCUT2D eigenvalue weighted by atomic mass is 10.3. The molecule has 0 aliphatic heterocycles. The molecule has 0 aliphatic carbocycles. The Hall–Kier alpha value is -0.910. The molecular weight excluding hydrogens is 310 g/mol. The minimum absolute atomic E-state index is 0.116. The summed E-state index contributed by atoms with van der Waals surface area (Å²) in [5.74, 6) is -1.46. The van der Waals surface area contributed by atoms with Crippen LogP contribution in [0.3, 0.4) is 0 Å². The molecule has 88 valence electrons. The van der Waals surface area contributed by atoms with Gasteiger partial charge in [-0.15, -0.1) is 0 Å². The molecule has 0 radical (unpaired) electrons. The lowest BCUT2D eigenvalue weighted by Gasteiger charge is -2.09. The topological polar surface area (TPSA) is 23.1 Å². The van der Waals surface area contributed by atoms with Gasteiger partial charge in [-0.3, -0.25) is 0 Å². The Balaban J connectivity index is 2.36. The fourth-order valence-corrected chi connectivity index (χ4v) is 2.69. The third-order valence-corrected chi connectivity index (χ3v) is 3.97. The molecule has 17 heavy (non-hydrogen) atoms. The summed E-state index contributed by atoms with van der Waals surface area (Å²) < 4.78 is 38.8. The minimum Gasteiger partial charge on any atom is -0.606 e. The van der Waals surface area contributed by atoms with Crippen molar-refractivity contribution < 1.29 is 13.3 Å². The Morgan fingerprint density at radius 2 is 1.41 bits per heavy atom. The molecule has 0 saturated carbocycles. The van der Waals surface area contributed by atoms with E-state index in [-0.39, 0.29) is 4.90 Å². The van der Waals surface area contributed by atoms with E-state index in [4.69, 9.17) is 0 Å². The van der Waals surface area contributed by atoms with Gasteiger partial charge in [-0.1, -0.05) is 15.9 Å². The number of benzene rings is 2. The zero-order chi connectivity index (χ0) is 12.4. The Kier molecular flexibility index (Phi) is 3.81. The standard InChI is InChI=1S/C12H7BrF2OS/c13-8-1-3-11(4-2-8)17(16)12-6-9(14)5-10(15)7-12/h1-7H. The first kappa shape index (κ1) is 12.5. The van der Waals surface area contributed by atoms with Crippen molar-refractivity contribution in [2.75, 3.05) is 0 Å². The van der Waals surface area contributed by atoms with E-state index in [1.165, 1.54) is 0 Å². The van der Waals surface area contributed by atoms with Gasteiger partial charge < -0.3 is 4.55 Å². The SMILES string of the molecule is [O-][S+](c1ccc(Br)cc1)c1cc(F)cc(F)c1. The number of halogens is 3. The molecule has 0 N–H and O–H groups in total. The van der Waals surface area contributed by atoms with Crippen molar-refractivity contribution in [3.05, 3.63) is 58.6 Å². The lowest BCUT2D eigenvalue weighted by molar-refractivity contribution is 0.567. The van der Waals surface area contributed by atoms with Gasteiger partial charge in [0.1, 0.15) is 11.6 Å². The highest BCUT2D eigenvalue weighted by Gasteiger charge is 2.16. The summed E-state index contributed by atoms with van der Waals surface area (Å²) in [5.41, 5.74) is 0. The van der Waals surface area contributed by atoms with E-state index in [0.29, 0.717) is 4.90 Å². The maximum atomic E-state index is 13.0. The molecule has 0 bridgehead atoms. The van der Waals surface area contributed by atoms with Crippen molar-refractivity contribution in [3.63, 3.8) is 0 Å². The zero-order valence-electron chi connectivity index (χ0n) is 8.49. The van der Waals surface area contributed by atoms with Crippen LogP contribution < -0.4 is 0 Å². The molecule has 0 aliphatic rings. The van der Waals surface area contributed by atoms with Crippen LogP contribution in [0, 0.1) is 11.6 Å². The fourth-order valence-electron chi connectivity index (χ4n) is 1.33. The third kappa shape index (κ3) is 3.06. The Labute approximate surface area is 109 Å². The number of hydrogen-bond donors (Lipinski definition) is 0. The van der Waals surface area contributed by atoms with Gasteiger partial charge in [0.05, 0.1) is 0 Å². The average Bonchev–Trinajstić information content (AvgIpc) is 2.28. The average molecular weight is 317 g/mol. The maximum absolute atomic E-state index is 13.0. The van der Waals surface area contributed by atoms with Crippen LogP contribution in [0.15, 0.2) is 56.7 Å². The van der Waals surface area contributed by atoms with E-state index in [0.717, 1.165) is 22.7 Å². The van der Waals surface area contributed by atoms with E-state index >= 15 is 0 Å². The second-order valence-electron chi connectivity index (χ2n) is 3.33. The van der Waals surface area contributed by atoms with Crippen LogP contribution in [0.5, 0.6) is 0 Å². The summed E-state index contributed by atoms with van der Waals surface area (Å²) in [5, 5.41) is 0. The lowest BCUT2D eigenvalue weighted by Crippen LogP contribution is -2.03. The van der Waals surface area contributed by atoms with Gasteiger partial charge >= 0.3 is 0 Å². The summed E-state index contributed by atoms with van der Waals surface area (Å²) >= 11 is 1.68. The van der Waals surface area contributed by atoms with Gasteiger partial charge in [0.2, 0.25) is 0 Å². The number of hydrogen-bond acceptors (Lipinski definition) is 1. The molecule has 0 aromatic heterocycles. The molecule has 0 heterocycles. The molecule has 0 saturated heterocycles. The van der Waals surface area contributed by atoms with Crippen molar-refractivity contribution in [1.82, 2.24) is 0 Å². The summed E-state index contributed by atoms with van der Waals surface area (Å²) in [4.78, 5) is 0.614. The Morgan fingerprint density at radius 1 is 0.882 bits per heavy atom. The molecule has 0 spiro atoms. The van der Waals surface area contributed by atoms with Crippen LogP contribution in [0.25, 0.3) is 0 Å². The molecular formula is C12H7BrF2OS. The van der Waals surface area contributed by atoms with Crippen molar-refractivity contribution in [2.24, 2.45) is 0 Å². The molecule has 1 unspecified atom stereocenters. The Bertz CT molecular complexity index is 510. The molecule has 2 rings (SSSR count). The van der Waals surface area contributed by atoms with E-state index in [9.17, 15) is 13.3 Å². The predicted molar refractivity (Wildman–Crippen MR) is 65.2 cm³/mol. The van der Waals surface area contributed by atoms with Gasteiger partial charge in [0, 0.05) is 33.8 Å². The largest absolute Gasteiger partial charge is 0.606 e. The summed E-state index contributed by atoms with van der Waals surface area (Å²) in [6, 6.07) is 9.63. The van der Waals surface area contributed by atoms with Crippen molar-refractivity contribution >= 4 is 27.1 Å². The summed E-state index contributed by atoms with van der Waals surface area (Å²) in [6.07, 6.45) is 0. The van der Waals surface area contributed by atoms with Crippen LogP contribution in [0.4, 0.5) is 8.78 Å². The van der Waals surface area contributed by atoms with Gasteiger partial charge in [-0.25, -0.2) is 8.78 Å². The molecule has 5 heteroatoms. The van der Waals surface area contributed by atoms with E-state index < -0.39 is 22.8 Å². The second kappa shape index (κ2) is 5.16. The molecule has 2 aromatic rings. The van der Waals surface area contributed by atoms with E-state index in [1.807, 2.05) is 0 Å². The smallest absolute Gasteiger partial charge is 0.164 e. The maximum Gasteiger partial charge on any atom is 0.164 e. The first-order chi connectivity index (χ1) is 8.06. The van der Waals surface area contributed by atoms with Crippen molar-refractivity contribution in [3.8, 4) is 0 Å². The highest BCUT2D eigenvalue weighted by atomic mass is 79.9. The van der Waals surface area contributed by atoms with E-state index in [2.05, 4.69) is 15.9 Å². The normalized spacial score (nSPS) is 12.5. The second-order valence-corrected chi connectivity index (χ2v) is 5.72. The predicted octanol–water partition coefficient (Wildman–Crippen LogP) is 3.89. The Morgan fingerprint density at radius 3 is 1.94 bits per heavy atom. The quantitative estimate of drug-likeness (QED) is 0.771. The van der Waals surface area contributed by atoms with Gasteiger partial charge in [-0.2, -0.15) is 0 Å². The van der Waals surface area contributed by atoms with Crippen molar-refractivity contribution in [2.45, 2.75) is 9.79 Å². The first-order valence-electron chi connectivity index (χ1n) is 4.70. The van der Waals surface area contributed by atoms with Crippen LogP contribution in [-0.4, -0.2) is 4.55 Å². The molecule has 1 atom stereocenters. The highest BCUT2D eigenvalue weighted by Crippen LogP contribution is 2.23. The molecule has 2 aromatic carbocycles. The summed E-state index contributed by atoms with van der Waals surface area (Å²) in [7, 11) is 0. The van der Waals surface area contributed by atoms with Crippen LogP contribution in [-0.2, 0) is 11.2 Å². The highest BCUT2D eigenvalue weighted by molar-refractivity contribution is 9.10. The summed E-state index contributed by atoms with van der Waals surface area (Å²) in [6.45, 7) is 0. The van der Waals surface area contributed by atoms with Crippen LogP contribution in [0.2, 0.25) is 0 Å². The van der Waals surface area contributed by atoms with Gasteiger partial charge in [0.25, 0.3) is 0 Å². The molecule has 0 amide bonds. The van der Waals surface area contributed by atoms with Gasteiger partial charge in [-0.05, 0) is 24.3 Å². The van der Waals surface area contributed by atoms with Crippen LogP contribution in [0.1, 0.15) is 0 Å². The van der Waals surface area contributed by atoms with Crippen molar-refractivity contribution in [1.29, 1.82) is 0 Å².